The normalized spacial score (nSPS) is 8.62. The Morgan fingerprint density at radius 3 is 3.00 bits per heavy atom. The minimum Gasteiger partial charge on any atom is -0.330 e. The van der Waals surface area contributed by atoms with Gasteiger partial charge in [-0.1, -0.05) is 0 Å². The van der Waals surface area contributed by atoms with Crippen LogP contribution in [0, 0.1) is 0 Å². The Hall–Kier alpha value is -0.610. The molecule has 0 saturated carbocycles. The van der Waals surface area contributed by atoms with Gasteiger partial charge in [0, 0.05) is 0 Å². The van der Waals surface area contributed by atoms with Crippen LogP contribution < -0.4 is 11.2 Å². The summed E-state index contributed by atoms with van der Waals surface area (Å²) in [6, 6.07) is 0. The highest BCUT2D eigenvalue weighted by atomic mass is 16.6. The summed E-state index contributed by atoms with van der Waals surface area (Å²) in [7, 11) is 0. The number of carbonyl (C=O) groups is 1. The van der Waals surface area contributed by atoms with Crippen LogP contribution in [0.4, 0.5) is 0 Å². The van der Waals surface area contributed by atoms with Crippen molar-refractivity contribution in [2.45, 2.75) is 6.42 Å². The Morgan fingerprint density at radius 1 is 1.75 bits per heavy atom. The molecule has 3 N–H and O–H groups in total. The zero-order valence-corrected chi connectivity index (χ0v) is 4.59. The molecule has 0 saturated heterocycles. The summed E-state index contributed by atoms with van der Waals surface area (Å²) in [5.74, 6) is 0. The number of nitrogens with two attached hydrogens (primary N) is 1. The number of rotatable bonds is 5. The van der Waals surface area contributed by atoms with Crippen LogP contribution >= 0.6 is 0 Å². The largest absolute Gasteiger partial charge is 0.330 e. The van der Waals surface area contributed by atoms with E-state index in [1.807, 2.05) is 5.48 Å². The molecular weight excluding hydrogens is 108 g/mol. The maximum atomic E-state index is 9.50. The zero-order valence-electron chi connectivity index (χ0n) is 4.59. The van der Waals surface area contributed by atoms with E-state index in [0.29, 0.717) is 19.6 Å². The summed E-state index contributed by atoms with van der Waals surface area (Å²) in [5.41, 5.74) is 7.16. The molecule has 0 aliphatic heterocycles. The molecular formula is C4H10N2O2. The molecule has 4 nitrogen and oxygen atoms in total. The predicted molar refractivity (Wildman–Crippen MR) is 28.8 cm³/mol. The average Bonchev–Trinajstić information content (AvgIpc) is 1.81. The number of hydrogen-bond donors (Lipinski definition) is 2. The Morgan fingerprint density at radius 2 is 2.50 bits per heavy atom. The monoisotopic (exact) mass is 118 g/mol. The van der Waals surface area contributed by atoms with Crippen molar-refractivity contribution in [2.75, 3.05) is 13.2 Å². The quantitative estimate of drug-likeness (QED) is 0.277. The fraction of sp³-hybridized carbons (Fsp3) is 0.750. The summed E-state index contributed by atoms with van der Waals surface area (Å²) < 4.78 is 0. The van der Waals surface area contributed by atoms with Gasteiger partial charge in [-0.3, -0.25) is 9.63 Å². The van der Waals surface area contributed by atoms with Gasteiger partial charge >= 0.3 is 0 Å². The average molecular weight is 118 g/mol. The van der Waals surface area contributed by atoms with Gasteiger partial charge in [0.15, 0.2) is 0 Å². The minimum atomic E-state index is 0.481. The van der Waals surface area contributed by atoms with Gasteiger partial charge in [-0.25, -0.2) is 5.48 Å². The summed E-state index contributed by atoms with van der Waals surface area (Å²) in [6.45, 7) is 1.07. The van der Waals surface area contributed by atoms with Crippen LogP contribution in [0.2, 0.25) is 0 Å². The van der Waals surface area contributed by atoms with E-state index in [-0.39, 0.29) is 0 Å². The molecule has 0 atom stereocenters. The zero-order chi connectivity index (χ0) is 6.24. The molecule has 0 radical (unpaired) electrons. The second-order valence-corrected chi connectivity index (χ2v) is 1.23. The first kappa shape index (κ1) is 7.39. The molecule has 0 aliphatic carbocycles. The van der Waals surface area contributed by atoms with E-state index in [1.165, 1.54) is 0 Å². The molecule has 48 valence electrons. The third-order valence-electron chi connectivity index (χ3n) is 0.582. The van der Waals surface area contributed by atoms with Crippen molar-refractivity contribution in [3.63, 3.8) is 0 Å². The topological polar surface area (TPSA) is 64.3 Å². The van der Waals surface area contributed by atoms with Crippen LogP contribution in [0.3, 0.4) is 0 Å². The molecule has 0 unspecified atom stereocenters. The Bertz CT molecular complexity index is 58.0. The van der Waals surface area contributed by atoms with Crippen molar-refractivity contribution in [1.29, 1.82) is 0 Å². The van der Waals surface area contributed by atoms with E-state index in [0.717, 1.165) is 6.42 Å². The first-order valence-corrected chi connectivity index (χ1v) is 2.43. The Kier molecular flexibility index (Phi) is 5.90. The van der Waals surface area contributed by atoms with Crippen molar-refractivity contribution in [3.8, 4) is 0 Å². The fourth-order valence-corrected chi connectivity index (χ4v) is 0.248. The molecule has 0 spiro atoms. The molecule has 0 aliphatic rings. The molecule has 0 aromatic carbocycles. The van der Waals surface area contributed by atoms with Crippen LogP contribution in [0.15, 0.2) is 0 Å². The molecule has 0 fully saturated rings. The third kappa shape index (κ3) is 5.39. The number of hydroxylamine groups is 1. The summed E-state index contributed by atoms with van der Waals surface area (Å²) >= 11 is 0. The maximum Gasteiger partial charge on any atom is 0.230 e. The van der Waals surface area contributed by atoms with E-state index in [9.17, 15) is 4.79 Å². The van der Waals surface area contributed by atoms with E-state index < -0.39 is 0 Å². The van der Waals surface area contributed by atoms with Gasteiger partial charge in [0.25, 0.3) is 0 Å². The second-order valence-electron chi connectivity index (χ2n) is 1.23. The van der Waals surface area contributed by atoms with Crippen molar-refractivity contribution in [1.82, 2.24) is 5.48 Å². The first-order valence-electron chi connectivity index (χ1n) is 2.43. The van der Waals surface area contributed by atoms with Crippen LogP contribution in [0.5, 0.6) is 0 Å². The molecule has 0 aromatic rings. The second kappa shape index (κ2) is 6.39. The third-order valence-corrected chi connectivity index (χ3v) is 0.582. The van der Waals surface area contributed by atoms with Crippen LogP contribution in [-0.4, -0.2) is 19.6 Å². The van der Waals surface area contributed by atoms with E-state index in [4.69, 9.17) is 5.73 Å². The van der Waals surface area contributed by atoms with E-state index >= 15 is 0 Å². The number of nitrogens with one attached hydrogen (secondary N) is 1. The SMILES string of the molecule is NCCCONC=O. The maximum absolute atomic E-state index is 9.50. The minimum absolute atomic E-state index is 0.481. The lowest BCUT2D eigenvalue weighted by atomic mass is 10.5. The summed E-state index contributed by atoms with van der Waals surface area (Å²) in [6.07, 6.45) is 1.25. The highest BCUT2D eigenvalue weighted by molar-refractivity contribution is 5.43. The number of carbonyl (C=O) groups excluding carboxylic acids is 1. The lowest BCUT2D eigenvalue weighted by Gasteiger charge is -1.95. The van der Waals surface area contributed by atoms with Gasteiger partial charge < -0.3 is 5.73 Å². The Labute approximate surface area is 48.0 Å². The van der Waals surface area contributed by atoms with Crippen LogP contribution in [0.25, 0.3) is 0 Å². The molecule has 0 bridgehead atoms. The molecule has 0 rings (SSSR count). The molecule has 0 heterocycles. The van der Waals surface area contributed by atoms with E-state index in [1.54, 1.807) is 0 Å². The van der Waals surface area contributed by atoms with Crippen LogP contribution in [-0.2, 0) is 9.63 Å². The number of amides is 1. The molecule has 8 heavy (non-hydrogen) atoms. The van der Waals surface area contributed by atoms with Crippen molar-refractivity contribution in [2.24, 2.45) is 5.73 Å². The Balaban J connectivity index is 2.62. The van der Waals surface area contributed by atoms with Gasteiger partial charge in [0.1, 0.15) is 0 Å². The smallest absolute Gasteiger partial charge is 0.230 e. The highest BCUT2D eigenvalue weighted by Gasteiger charge is 1.80. The van der Waals surface area contributed by atoms with Gasteiger partial charge in [0.05, 0.1) is 6.61 Å². The van der Waals surface area contributed by atoms with Crippen molar-refractivity contribution >= 4 is 6.41 Å². The van der Waals surface area contributed by atoms with Gasteiger partial charge in [-0.05, 0) is 13.0 Å². The van der Waals surface area contributed by atoms with E-state index in [2.05, 4.69) is 4.84 Å². The molecule has 1 amide bonds. The van der Waals surface area contributed by atoms with Crippen molar-refractivity contribution in [3.05, 3.63) is 0 Å². The van der Waals surface area contributed by atoms with Gasteiger partial charge in [-0.2, -0.15) is 0 Å². The summed E-state index contributed by atoms with van der Waals surface area (Å²) in [5, 5.41) is 0. The number of hydrogen-bond acceptors (Lipinski definition) is 3. The highest BCUT2D eigenvalue weighted by Crippen LogP contribution is 1.71. The van der Waals surface area contributed by atoms with Crippen LogP contribution in [0.1, 0.15) is 6.42 Å². The van der Waals surface area contributed by atoms with Gasteiger partial charge in [0.2, 0.25) is 6.41 Å². The lowest BCUT2D eigenvalue weighted by Crippen LogP contribution is -2.14. The predicted octanol–water partition coefficient (Wildman–Crippen LogP) is -0.987. The summed E-state index contributed by atoms with van der Waals surface area (Å²) in [4.78, 5) is 14.0. The lowest BCUT2D eigenvalue weighted by molar-refractivity contribution is -0.120. The first-order chi connectivity index (χ1) is 3.91. The molecule has 0 aromatic heterocycles. The van der Waals surface area contributed by atoms with Gasteiger partial charge in [-0.15, -0.1) is 0 Å². The standard InChI is InChI=1S/C4H10N2O2/c5-2-1-3-8-6-4-7/h4H,1-3,5H2,(H,6,7). The fourth-order valence-electron chi connectivity index (χ4n) is 0.248. The molecule has 4 heteroatoms. The van der Waals surface area contributed by atoms with Crippen molar-refractivity contribution < 1.29 is 9.63 Å².